The molecule has 0 aliphatic heterocycles. The molecule has 0 spiro atoms. The molecule has 2 rings (SSSR count). The number of rotatable bonds is 0. The van der Waals surface area contributed by atoms with Gasteiger partial charge in [-0.25, -0.2) is 12.2 Å². The van der Waals surface area contributed by atoms with Crippen LogP contribution in [0.2, 0.25) is 0 Å². The third-order valence-electron chi connectivity index (χ3n) is 1.34. The summed E-state index contributed by atoms with van der Waals surface area (Å²) in [5.74, 6) is 0.322. The van der Waals surface area contributed by atoms with Crippen LogP contribution in [-0.4, -0.2) is 5.11 Å². The third kappa shape index (κ3) is 6.54. The van der Waals surface area contributed by atoms with Crippen LogP contribution in [0, 0.1) is 6.08 Å². The van der Waals surface area contributed by atoms with Crippen LogP contribution in [0.5, 0.6) is 5.75 Å². The molecule has 0 saturated heterocycles. The average Bonchev–Trinajstić information content (AvgIpc) is 2.62. The smallest absolute Gasteiger partial charge is 0.115 e. The Balaban J connectivity index is 0.000000215. The van der Waals surface area contributed by atoms with E-state index in [1.807, 2.05) is 18.2 Å². The Morgan fingerprint density at radius 2 is 1.85 bits per heavy atom. The van der Waals surface area contributed by atoms with Gasteiger partial charge in [-0.1, -0.05) is 18.2 Å². The molecule has 0 fully saturated rings. The maximum absolute atomic E-state index is 8.63. The maximum Gasteiger partial charge on any atom is 0.115 e. The van der Waals surface area contributed by atoms with E-state index in [0.29, 0.717) is 5.75 Å². The molecule has 1 aromatic carbocycles. The van der Waals surface area contributed by atoms with Crippen molar-refractivity contribution in [1.29, 1.82) is 0 Å². The zero-order valence-corrected chi connectivity index (χ0v) is 9.73. The van der Waals surface area contributed by atoms with Crippen molar-refractivity contribution in [2.45, 2.75) is 6.42 Å². The molecule has 0 heterocycles. The standard InChI is InChI=1S/C6H6O.C5H5.Zr/c7-6-4-2-1-3-5-6;1-2-4-5-3-1;/h1-5,7H;1-3H,4H2;/q;-1;. The van der Waals surface area contributed by atoms with Gasteiger partial charge in [0.15, 0.2) is 0 Å². The number of phenols is 1. The minimum Gasteiger partial charge on any atom is -0.508 e. The summed E-state index contributed by atoms with van der Waals surface area (Å²) in [5, 5.41) is 8.63. The van der Waals surface area contributed by atoms with Crippen LogP contribution >= 0.6 is 0 Å². The molecule has 2 heteroatoms. The Hall–Kier alpha value is -0.617. The van der Waals surface area contributed by atoms with Crippen molar-refractivity contribution in [3.05, 3.63) is 54.6 Å². The van der Waals surface area contributed by atoms with Crippen molar-refractivity contribution in [2.75, 3.05) is 0 Å². The molecular formula is C11H11OZr-. The van der Waals surface area contributed by atoms with E-state index in [1.165, 1.54) is 0 Å². The number of hydrogen-bond donors (Lipinski definition) is 1. The van der Waals surface area contributed by atoms with Crippen LogP contribution in [-0.2, 0) is 26.2 Å². The van der Waals surface area contributed by atoms with Gasteiger partial charge in [0.05, 0.1) is 0 Å². The van der Waals surface area contributed by atoms with Crippen LogP contribution in [0.25, 0.3) is 0 Å². The summed E-state index contributed by atoms with van der Waals surface area (Å²) in [6, 6.07) is 8.71. The molecule has 0 unspecified atom stereocenters. The van der Waals surface area contributed by atoms with E-state index in [-0.39, 0.29) is 26.2 Å². The fourth-order valence-electron chi connectivity index (χ4n) is 0.768. The van der Waals surface area contributed by atoms with Gasteiger partial charge in [0, 0.05) is 26.2 Å². The van der Waals surface area contributed by atoms with Crippen LogP contribution in [0.4, 0.5) is 0 Å². The summed E-state index contributed by atoms with van der Waals surface area (Å²) in [7, 11) is 0. The van der Waals surface area contributed by atoms with Gasteiger partial charge in [0.1, 0.15) is 5.75 Å². The normalized spacial score (nSPS) is 11.4. The van der Waals surface area contributed by atoms with Crippen molar-refractivity contribution in [1.82, 2.24) is 0 Å². The number of para-hydroxylation sites is 1. The first-order valence-corrected chi connectivity index (χ1v) is 3.85. The van der Waals surface area contributed by atoms with E-state index in [0.717, 1.165) is 6.42 Å². The minimum absolute atomic E-state index is 0. The zero-order valence-electron chi connectivity index (χ0n) is 7.27. The van der Waals surface area contributed by atoms with E-state index >= 15 is 0 Å². The molecule has 0 aromatic heterocycles. The van der Waals surface area contributed by atoms with E-state index in [2.05, 4.69) is 12.2 Å². The van der Waals surface area contributed by atoms with Crippen molar-refractivity contribution in [3.8, 4) is 5.75 Å². The Morgan fingerprint density at radius 1 is 1.15 bits per heavy atom. The average molecular weight is 250 g/mol. The second kappa shape index (κ2) is 8.00. The Kier molecular flexibility index (Phi) is 7.62. The van der Waals surface area contributed by atoms with E-state index < -0.39 is 0 Å². The van der Waals surface area contributed by atoms with Crippen LogP contribution in [0.15, 0.2) is 48.6 Å². The van der Waals surface area contributed by atoms with Crippen molar-refractivity contribution in [2.24, 2.45) is 0 Å². The fourth-order valence-corrected chi connectivity index (χ4v) is 0.768. The first kappa shape index (κ1) is 12.4. The first-order valence-electron chi connectivity index (χ1n) is 3.85. The number of aromatic hydroxyl groups is 1. The summed E-state index contributed by atoms with van der Waals surface area (Å²) >= 11 is 0. The largest absolute Gasteiger partial charge is 0.508 e. The molecule has 1 nitrogen and oxygen atoms in total. The number of benzene rings is 1. The molecule has 13 heavy (non-hydrogen) atoms. The van der Waals surface area contributed by atoms with Gasteiger partial charge in [-0.05, 0) is 12.1 Å². The molecule has 66 valence electrons. The fraction of sp³-hybridized carbons (Fsp3) is 0.0909. The van der Waals surface area contributed by atoms with Gasteiger partial charge < -0.3 is 5.11 Å². The summed E-state index contributed by atoms with van der Waals surface area (Å²) < 4.78 is 0. The van der Waals surface area contributed by atoms with Gasteiger partial charge >= 0.3 is 0 Å². The molecule has 1 N–H and O–H groups in total. The Labute approximate surface area is 97.9 Å². The predicted octanol–water partition coefficient (Wildman–Crippen LogP) is 2.70. The molecule has 0 radical (unpaired) electrons. The molecule has 0 amide bonds. The Morgan fingerprint density at radius 3 is 2.08 bits per heavy atom. The van der Waals surface area contributed by atoms with Gasteiger partial charge in [-0.2, -0.15) is 6.08 Å². The van der Waals surface area contributed by atoms with E-state index in [9.17, 15) is 0 Å². The number of phenolic OH excluding ortho intramolecular Hbond substituents is 1. The summed E-state index contributed by atoms with van der Waals surface area (Å²) in [6.45, 7) is 0. The van der Waals surface area contributed by atoms with Crippen molar-refractivity contribution >= 4 is 0 Å². The second-order valence-corrected chi connectivity index (χ2v) is 2.34. The number of hydrogen-bond acceptors (Lipinski definition) is 1. The van der Waals surface area contributed by atoms with E-state index in [4.69, 9.17) is 5.11 Å². The Bertz CT molecular complexity index is 255. The van der Waals surface area contributed by atoms with Crippen LogP contribution < -0.4 is 0 Å². The van der Waals surface area contributed by atoms with Gasteiger partial charge in [0.2, 0.25) is 0 Å². The maximum atomic E-state index is 8.63. The SMILES string of the molecule is Oc1ccccc1.[C-]1=CC=CC1.[Zr]. The summed E-state index contributed by atoms with van der Waals surface area (Å²) in [5.41, 5.74) is 0. The third-order valence-corrected chi connectivity index (χ3v) is 1.34. The minimum atomic E-state index is 0. The van der Waals surface area contributed by atoms with E-state index in [1.54, 1.807) is 24.3 Å². The van der Waals surface area contributed by atoms with Crippen LogP contribution in [0.3, 0.4) is 0 Å². The van der Waals surface area contributed by atoms with Gasteiger partial charge in [-0.3, -0.25) is 6.08 Å². The molecule has 0 bridgehead atoms. The molecule has 0 saturated carbocycles. The van der Waals surface area contributed by atoms with Crippen molar-refractivity contribution < 1.29 is 31.3 Å². The summed E-state index contributed by atoms with van der Waals surface area (Å²) in [6.07, 6.45) is 10.0. The monoisotopic (exact) mass is 249 g/mol. The molecule has 0 atom stereocenters. The zero-order chi connectivity index (χ0) is 8.65. The molecular weight excluding hydrogens is 239 g/mol. The van der Waals surface area contributed by atoms with Gasteiger partial charge in [-0.15, -0.1) is 6.42 Å². The summed E-state index contributed by atoms with van der Waals surface area (Å²) in [4.78, 5) is 0. The topological polar surface area (TPSA) is 20.2 Å². The van der Waals surface area contributed by atoms with Crippen molar-refractivity contribution in [3.63, 3.8) is 0 Å². The molecule has 1 aromatic rings. The molecule has 1 aliphatic carbocycles. The predicted molar refractivity (Wildman–Crippen MR) is 49.7 cm³/mol. The first-order chi connectivity index (χ1) is 5.89. The quantitative estimate of drug-likeness (QED) is 0.702. The molecule has 1 aliphatic rings. The number of allylic oxidation sites excluding steroid dienone is 4. The van der Waals surface area contributed by atoms with Crippen LogP contribution in [0.1, 0.15) is 6.42 Å². The van der Waals surface area contributed by atoms with Gasteiger partial charge in [0.25, 0.3) is 0 Å². The second-order valence-electron chi connectivity index (χ2n) is 2.34.